The molecule has 2 heterocycles. The normalized spacial score (nSPS) is 20.9. The van der Waals surface area contributed by atoms with Crippen LogP contribution in [0.5, 0.6) is 0 Å². The lowest BCUT2D eigenvalue weighted by atomic mass is 10.2. The number of aromatic nitrogens is 1. The molecule has 1 aliphatic rings. The van der Waals surface area contributed by atoms with E-state index in [1.165, 1.54) is 0 Å². The molecule has 0 aromatic carbocycles. The molecule has 0 bridgehead atoms. The van der Waals surface area contributed by atoms with Gasteiger partial charge in [-0.15, -0.1) is 6.58 Å². The summed E-state index contributed by atoms with van der Waals surface area (Å²) in [5, 5.41) is 0. The molecule has 84 valence electrons. The predicted octanol–water partition coefficient (Wildman–Crippen LogP) is 0.995. The number of nitrogens with zero attached hydrogens (tertiary/aromatic N) is 2. The lowest BCUT2D eigenvalue weighted by Crippen LogP contribution is -2.45. The summed E-state index contributed by atoms with van der Waals surface area (Å²) in [5.74, 6) is 0.00348. The van der Waals surface area contributed by atoms with Gasteiger partial charge >= 0.3 is 0 Å². The smallest absolute Gasteiger partial charge is 0.249 e. The molecule has 16 heavy (non-hydrogen) atoms. The Hall–Kier alpha value is -1.68. The van der Waals surface area contributed by atoms with E-state index in [4.69, 9.17) is 4.74 Å². The van der Waals surface area contributed by atoms with Gasteiger partial charge in [-0.05, 0) is 12.1 Å². The van der Waals surface area contributed by atoms with Crippen LogP contribution in [-0.4, -0.2) is 35.0 Å². The lowest BCUT2D eigenvalue weighted by Gasteiger charge is -2.31. The lowest BCUT2D eigenvalue weighted by molar-refractivity contribution is -0.147. The van der Waals surface area contributed by atoms with Crippen LogP contribution < -0.4 is 0 Å². The number of ether oxygens (including phenoxy) is 1. The molecule has 1 saturated heterocycles. The van der Waals surface area contributed by atoms with Gasteiger partial charge in [0, 0.05) is 6.20 Å². The standard InChI is InChI=1S/C12H14N2O2/c1-2-11-8-14(12(15)9-16-11)7-10-5-3-4-6-13-10/h2-6,11H,1,7-9H2. The Balaban J connectivity index is 2.02. The van der Waals surface area contributed by atoms with Gasteiger partial charge in [0.1, 0.15) is 6.61 Å². The number of carbonyl (C=O) groups is 1. The molecule has 1 atom stereocenters. The topological polar surface area (TPSA) is 42.4 Å². The van der Waals surface area contributed by atoms with E-state index in [0.717, 1.165) is 5.69 Å². The van der Waals surface area contributed by atoms with E-state index in [1.54, 1.807) is 17.2 Å². The maximum absolute atomic E-state index is 11.6. The Morgan fingerprint density at radius 3 is 3.19 bits per heavy atom. The molecule has 0 radical (unpaired) electrons. The highest BCUT2D eigenvalue weighted by Gasteiger charge is 2.24. The average molecular weight is 218 g/mol. The maximum atomic E-state index is 11.6. The van der Waals surface area contributed by atoms with Crippen molar-refractivity contribution in [2.75, 3.05) is 13.2 Å². The highest BCUT2D eigenvalue weighted by molar-refractivity contribution is 5.78. The van der Waals surface area contributed by atoms with Crippen LogP contribution >= 0.6 is 0 Å². The first-order chi connectivity index (χ1) is 7.79. The number of hydrogen-bond acceptors (Lipinski definition) is 3. The second-order valence-corrected chi connectivity index (χ2v) is 3.68. The highest BCUT2D eigenvalue weighted by atomic mass is 16.5. The van der Waals surface area contributed by atoms with Gasteiger partial charge in [-0.3, -0.25) is 9.78 Å². The van der Waals surface area contributed by atoms with Crippen molar-refractivity contribution >= 4 is 5.91 Å². The largest absolute Gasteiger partial charge is 0.362 e. The van der Waals surface area contributed by atoms with E-state index >= 15 is 0 Å². The summed E-state index contributed by atoms with van der Waals surface area (Å²) in [6.45, 7) is 4.89. The van der Waals surface area contributed by atoms with Crippen LogP contribution in [0.25, 0.3) is 0 Å². The number of hydrogen-bond donors (Lipinski definition) is 0. The Morgan fingerprint density at radius 1 is 1.62 bits per heavy atom. The van der Waals surface area contributed by atoms with Crippen molar-refractivity contribution in [3.05, 3.63) is 42.7 Å². The second-order valence-electron chi connectivity index (χ2n) is 3.68. The monoisotopic (exact) mass is 218 g/mol. The first-order valence-corrected chi connectivity index (χ1v) is 5.21. The summed E-state index contributed by atoms with van der Waals surface area (Å²) in [6, 6.07) is 5.68. The van der Waals surface area contributed by atoms with Crippen molar-refractivity contribution in [1.82, 2.24) is 9.88 Å². The molecule has 1 amide bonds. The van der Waals surface area contributed by atoms with Gasteiger partial charge in [-0.2, -0.15) is 0 Å². The molecule has 1 aromatic heterocycles. The third-order valence-electron chi connectivity index (χ3n) is 2.52. The Labute approximate surface area is 94.5 Å². The molecular formula is C12H14N2O2. The minimum absolute atomic E-state index is 0.00348. The second kappa shape index (κ2) is 4.90. The summed E-state index contributed by atoms with van der Waals surface area (Å²) < 4.78 is 5.28. The zero-order valence-electron chi connectivity index (χ0n) is 9.00. The molecule has 2 rings (SSSR count). The molecule has 1 aromatic rings. The van der Waals surface area contributed by atoms with Crippen LogP contribution in [0.2, 0.25) is 0 Å². The minimum Gasteiger partial charge on any atom is -0.362 e. The number of pyridine rings is 1. The van der Waals surface area contributed by atoms with Crippen molar-refractivity contribution in [3.8, 4) is 0 Å². The number of amides is 1. The van der Waals surface area contributed by atoms with Crippen molar-refractivity contribution in [2.24, 2.45) is 0 Å². The van der Waals surface area contributed by atoms with Crippen LogP contribution in [0.4, 0.5) is 0 Å². The maximum Gasteiger partial charge on any atom is 0.249 e. The molecule has 4 nitrogen and oxygen atoms in total. The fourth-order valence-corrected chi connectivity index (χ4v) is 1.62. The SMILES string of the molecule is C=CC1CN(Cc2ccccn2)C(=O)CO1. The molecule has 1 fully saturated rings. The Morgan fingerprint density at radius 2 is 2.50 bits per heavy atom. The molecule has 1 unspecified atom stereocenters. The minimum atomic E-state index is -0.0681. The van der Waals surface area contributed by atoms with Crippen molar-refractivity contribution in [2.45, 2.75) is 12.6 Å². The fraction of sp³-hybridized carbons (Fsp3) is 0.333. The number of morpholine rings is 1. The summed E-state index contributed by atoms with van der Waals surface area (Å²) in [4.78, 5) is 17.5. The van der Waals surface area contributed by atoms with Gasteiger partial charge in [-0.1, -0.05) is 12.1 Å². The summed E-state index contributed by atoms with van der Waals surface area (Å²) in [7, 11) is 0. The van der Waals surface area contributed by atoms with Gasteiger partial charge in [0.2, 0.25) is 5.91 Å². The molecule has 0 aliphatic carbocycles. The highest BCUT2D eigenvalue weighted by Crippen LogP contribution is 2.10. The van der Waals surface area contributed by atoms with Crippen molar-refractivity contribution in [1.29, 1.82) is 0 Å². The summed E-state index contributed by atoms with van der Waals surface area (Å²) >= 11 is 0. The third-order valence-corrected chi connectivity index (χ3v) is 2.52. The first-order valence-electron chi connectivity index (χ1n) is 5.21. The van der Waals surface area contributed by atoms with Crippen LogP contribution in [0.1, 0.15) is 5.69 Å². The van der Waals surface area contributed by atoms with Gasteiger partial charge < -0.3 is 9.64 Å². The zero-order chi connectivity index (χ0) is 11.4. The van der Waals surface area contributed by atoms with E-state index < -0.39 is 0 Å². The van der Waals surface area contributed by atoms with E-state index in [1.807, 2.05) is 18.2 Å². The molecule has 0 saturated carbocycles. The molecule has 4 heteroatoms. The quantitative estimate of drug-likeness (QED) is 0.711. The Bertz CT molecular complexity index is 378. The zero-order valence-corrected chi connectivity index (χ0v) is 9.00. The van der Waals surface area contributed by atoms with Gasteiger partial charge in [0.05, 0.1) is 24.9 Å². The van der Waals surface area contributed by atoms with Crippen LogP contribution in [0.3, 0.4) is 0 Å². The summed E-state index contributed by atoms with van der Waals surface area (Å²) in [5.41, 5.74) is 0.889. The van der Waals surface area contributed by atoms with Crippen LogP contribution in [-0.2, 0) is 16.1 Å². The molecule has 0 spiro atoms. The Kier molecular flexibility index (Phi) is 3.31. The van der Waals surface area contributed by atoms with E-state index in [-0.39, 0.29) is 18.6 Å². The van der Waals surface area contributed by atoms with Crippen molar-refractivity contribution < 1.29 is 9.53 Å². The third kappa shape index (κ3) is 2.46. The number of rotatable bonds is 3. The first kappa shape index (κ1) is 10.8. The number of carbonyl (C=O) groups excluding carboxylic acids is 1. The fourth-order valence-electron chi connectivity index (χ4n) is 1.62. The molecule has 0 N–H and O–H groups in total. The van der Waals surface area contributed by atoms with Gasteiger partial charge in [0.15, 0.2) is 0 Å². The van der Waals surface area contributed by atoms with E-state index in [0.29, 0.717) is 13.1 Å². The molecule has 1 aliphatic heterocycles. The van der Waals surface area contributed by atoms with Crippen LogP contribution in [0, 0.1) is 0 Å². The van der Waals surface area contributed by atoms with E-state index in [9.17, 15) is 4.79 Å². The predicted molar refractivity (Wildman–Crippen MR) is 59.6 cm³/mol. The average Bonchev–Trinajstić information content (AvgIpc) is 2.33. The van der Waals surface area contributed by atoms with Gasteiger partial charge in [-0.25, -0.2) is 0 Å². The van der Waals surface area contributed by atoms with E-state index in [2.05, 4.69) is 11.6 Å². The van der Waals surface area contributed by atoms with Crippen LogP contribution in [0.15, 0.2) is 37.1 Å². The summed E-state index contributed by atoms with van der Waals surface area (Å²) in [6.07, 6.45) is 3.38. The molecular weight excluding hydrogens is 204 g/mol. The van der Waals surface area contributed by atoms with Gasteiger partial charge in [0.25, 0.3) is 0 Å². The van der Waals surface area contributed by atoms with Crippen molar-refractivity contribution in [3.63, 3.8) is 0 Å².